The average molecular weight is 496 g/mol. The first-order valence-corrected chi connectivity index (χ1v) is 10.6. The first-order valence-electron chi connectivity index (χ1n) is 10.2. The van der Waals surface area contributed by atoms with Crippen molar-refractivity contribution in [2.75, 3.05) is 6.61 Å². The summed E-state index contributed by atoms with van der Waals surface area (Å²) in [6.45, 7) is 2.09. The third-order valence-electron chi connectivity index (χ3n) is 4.53. The summed E-state index contributed by atoms with van der Waals surface area (Å²) in [6, 6.07) is 13.1. The molecule has 1 heterocycles. The van der Waals surface area contributed by atoms with Crippen LogP contribution in [-0.4, -0.2) is 23.4 Å². The van der Waals surface area contributed by atoms with Crippen LogP contribution in [0.15, 0.2) is 64.8 Å². The lowest BCUT2D eigenvalue weighted by atomic mass is 10.1. The van der Waals surface area contributed by atoms with Crippen LogP contribution in [0.25, 0.3) is 6.08 Å². The van der Waals surface area contributed by atoms with E-state index in [0.717, 1.165) is 12.1 Å². The van der Waals surface area contributed by atoms with Crippen LogP contribution in [0.4, 0.5) is 5.69 Å². The van der Waals surface area contributed by atoms with Gasteiger partial charge in [-0.05, 0) is 48.9 Å². The molecule has 1 aromatic heterocycles. The van der Waals surface area contributed by atoms with Crippen molar-refractivity contribution in [1.29, 1.82) is 5.26 Å². The van der Waals surface area contributed by atoms with E-state index < -0.39 is 16.8 Å². The molecule has 0 spiro atoms. The van der Waals surface area contributed by atoms with E-state index in [2.05, 4.69) is 5.32 Å². The molecule has 178 valence electrons. The molecule has 0 saturated carbocycles. The van der Waals surface area contributed by atoms with Gasteiger partial charge in [0.05, 0.1) is 34.9 Å². The van der Waals surface area contributed by atoms with Gasteiger partial charge in [-0.3, -0.25) is 14.9 Å². The van der Waals surface area contributed by atoms with Crippen LogP contribution in [0.5, 0.6) is 11.5 Å². The summed E-state index contributed by atoms with van der Waals surface area (Å²) in [5.41, 5.74) is -0.0319. The Balaban J connectivity index is 1.80. The molecule has 3 aromatic rings. The molecule has 0 atom stereocenters. The Hall–Kier alpha value is -4.62. The van der Waals surface area contributed by atoms with Crippen molar-refractivity contribution >= 4 is 35.2 Å². The number of nitro groups is 1. The van der Waals surface area contributed by atoms with E-state index >= 15 is 0 Å². The van der Waals surface area contributed by atoms with E-state index in [1.54, 1.807) is 19.1 Å². The molecule has 10 nitrogen and oxygen atoms in total. The monoisotopic (exact) mass is 495 g/mol. The third-order valence-corrected chi connectivity index (χ3v) is 4.85. The number of rotatable bonds is 9. The molecule has 2 aromatic carbocycles. The van der Waals surface area contributed by atoms with E-state index in [1.165, 1.54) is 36.6 Å². The van der Waals surface area contributed by atoms with Crippen LogP contribution < -0.4 is 14.8 Å². The highest BCUT2D eigenvalue weighted by Gasteiger charge is 2.19. The number of carbonyl (C=O) groups excluding carboxylic acids is 2. The number of furan rings is 1. The summed E-state index contributed by atoms with van der Waals surface area (Å²) in [4.78, 5) is 35.2. The first-order chi connectivity index (χ1) is 16.8. The number of ether oxygens (including phenoxy) is 2. The van der Waals surface area contributed by atoms with Gasteiger partial charge < -0.3 is 19.2 Å². The quantitative estimate of drug-likeness (QED) is 0.112. The normalized spacial score (nSPS) is 10.8. The van der Waals surface area contributed by atoms with Gasteiger partial charge in [-0.25, -0.2) is 4.79 Å². The number of hydrogen-bond acceptors (Lipinski definition) is 8. The number of amides is 1. The predicted molar refractivity (Wildman–Crippen MR) is 125 cm³/mol. The number of nitrogens with one attached hydrogen (secondary N) is 1. The molecule has 0 unspecified atom stereocenters. The number of hydrogen-bond donors (Lipinski definition) is 1. The van der Waals surface area contributed by atoms with Gasteiger partial charge in [0.25, 0.3) is 11.6 Å². The number of halogens is 1. The average Bonchev–Trinajstić information content (AvgIpc) is 3.36. The smallest absolute Gasteiger partial charge is 0.345 e. The van der Waals surface area contributed by atoms with Crippen LogP contribution in [0.2, 0.25) is 5.02 Å². The number of non-ortho nitro benzene ring substituents is 1. The lowest BCUT2D eigenvalue weighted by molar-refractivity contribution is -0.384. The zero-order chi connectivity index (χ0) is 25.4. The largest absolute Gasteiger partial charge is 0.490 e. The van der Waals surface area contributed by atoms with E-state index in [-0.39, 0.29) is 46.5 Å². The van der Waals surface area contributed by atoms with E-state index in [9.17, 15) is 25.0 Å². The Morgan fingerprint density at radius 3 is 2.66 bits per heavy atom. The number of carbonyl (C=O) groups is 2. The second-order valence-electron chi connectivity index (χ2n) is 6.88. The van der Waals surface area contributed by atoms with Crippen molar-refractivity contribution in [3.63, 3.8) is 0 Å². The van der Waals surface area contributed by atoms with Gasteiger partial charge in [0.1, 0.15) is 17.4 Å². The van der Waals surface area contributed by atoms with Crippen LogP contribution in [-0.2, 0) is 11.3 Å². The Morgan fingerprint density at radius 2 is 2.03 bits per heavy atom. The maximum Gasteiger partial charge on any atom is 0.345 e. The Kier molecular flexibility index (Phi) is 8.21. The number of nitrogens with zero attached hydrogens (tertiary/aromatic N) is 2. The van der Waals surface area contributed by atoms with Crippen LogP contribution >= 0.6 is 11.6 Å². The molecule has 0 radical (unpaired) electrons. The maximum atomic E-state index is 12.6. The minimum Gasteiger partial charge on any atom is -0.490 e. The highest BCUT2D eigenvalue weighted by Crippen LogP contribution is 2.31. The molecule has 0 aliphatic carbocycles. The summed E-state index contributed by atoms with van der Waals surface area (Å²) in [5.74, 6) is -0.659. The molecule has 0 aliphatic rings. The fourth-order valence-electron chi connectivity index (χ4n) is 2.90. The summed E-state index contributed by atoms with van der Waals surface area (Å²) >= 11 is 6.00. The molecule has 3 rings (SSSR count). The SMILES string of the molecule is CCOc1cc(/C=C(\C#N)C(=O)NCc2ccco2)ccc1OC(=O)c1ccc([N+](=O)[O-])cc1Cl. The van der Waals surface area contributed by atoms with E-state index in [0.29, 0.717) is 11.3 Å². The Labute approximate surface area is 204 Å². The van der Waals surface area contributed by atoms with E-state index in [4.69, 9.17) is 25.5 Å². The fraction of sp³-hybridized carbons (Fsp3) is 0.125. The minimum atomic E-state index is -0.843. The van der Waals surface area contributed by atoms with Crippen molar-refractivity contribution in [2.45, 2.75) is 13.5 Å². The summed E-state index contributed by atoms with van der Waals surface area (Å²) in [5, 5.41) is 22.7. The van der Waals surface area contributed by atoms with Gasteiger partial charge >= 0.3 is 5.97 Å². The van der Waals surface area contributed by atoms with Gasteiger partial charge in [-0.2, -0.15) is 5.26 Å². The second-order valence-corrected chi connectivity index (χ2v) is 7.29. The zero-order valence-electron chi connectivity index (χ0n) is 18.3. The zero-order valence-corrected chi connectivity index (χ0v) is 19.1. The predicted octanol–water partition coefficient (Wildman–Crippen LogP) is 4.68. The van der Waals surface area contributed by atoms with Gasteiger partial charge in [-0.15, -0.1) is 0 Å². The molecule has 0 bridgehead atoms. The maximum absolute atomic E-state index is 12.6. The van der Waals surface area contributed by atoms with Gasteiger partial charge in [0.2, 0.25) is 0 Å². The third kappa shape index (κ3) is 6.46. The molecule has 0 saturated heterocycles. The van der Waals surface area contributed by atoms with Crippen molar-refractivity contribution < 1.29 is 28.4 Å². The fourth-order valence-corrected chi connectivity index (χ4v) is 3.15. The molecular formula is C24H18ClN3O7. The lowest BCUT2D eigenvalue weighted by Crippen LogP contribution is -2.23. The van der Waals surface area contributed by atoms with Crippen molar-refractivity contribution in [2.24, 2.45) is 0 Å². The van der Waals surface area contributed by atoms with Crippen LogP contribution in [0, 0.1) is 21.4 Å². The second kappa shape index (κ2) is 11.5. The van der Waals surface area contributed by atoms with Crippen LogP contribution in [0.3, 0.4) is 0 Å². The minimum absolute atomic E-state index is 0.0594. The van der Waals surface area contributed by atoms with Gasteiger partial charge in [-0.1, -0.05) is 17.7 Å². The number of nitro benzene ring substituents is 1. The molecule has 35 heavy (non-hydrogen) atoms. The molecular weight excluding hydrogens is 478 g/mol. The topological polar surface area (TPSA) is 145 Å². The van der Waals surface area contributed by atoms with E-state index in [1.807, 2.05) is 6.07 Å². The summed E-state index contributed by atoms with van der Waals surface area (Å²) in [7, 11) is 0. The standard InChI is InChI=1S/C24H18ClN3O7/c1-2-33-22-11-15(10-16(13-26)23(29)27-14-18-4-3-9-34-18)5-8-21(22)35-24(30)19-7-6-17(28(31)32)12-20(19)25/h3-12H,2,14H2,1H3,(H,27,29)/b16-10+. The lowest BCUT2D eigenvalue weighted by Gasteiger charge is -2.12. The molecule has 1 N–H and O–H groups in total. The molecule has 0 fully saturated rings. The van der Waals surface area contributed by atoms with Gasteiger partial charge in [0.15, 0.2) is 11.5 Å². The van der Waals surface area contributed by atoms with Crippen molar-refractivity contribution in [1.82, 2.24) is 5.32 Å². The van der Waals surface area contributed by atoms with Crippen molar-refractivity contribution in [3.8, 4) is 17.6 Å². The number of nitriles is 1. The molecule has 1 amide bonds. The van der Waals surface area contributed by atoms with Gasteiger partial charge in [0, 0.05) is 12.1 Å². The highest BCUT2D eigenvalue weighted by atomic mass is 35.5. The Morgan fingerprint density at radius 1 is 1.23 bits per heavy atom. The van der Waals surface area contributed by atoms with Crippen LogP contribution in [0.1, 0.15) is 28.6 Å². The van der Waals surface area contributed by atoms with Crippen molar-refractivity contribution in [3.05, 3.63) is 92.4 Å². The first kappa shape index (κ1) is 25.0. The number of esters is 1. The summed E-state index contributed by atoms with van der Waals surface area (Å²) < 4.78 is 16.1. The molecule has 11 heteroatoms. The number of benzene rings is 2. The molecule has 0 aliphatic heterocycles. The summed E-state index contributed by atoms with van der Waals surface area (Å²) in [6.07, 6.45) is 2.83. The Bertz CT molecular complexity index is 1330. The highest BCUT2D eigenvalue weighted by molar-refractivity contribution is 6.33.